The van der Waals surface area contributed by atoms with Crippen LogP contribution in [0.15, 0.2) is 46.4 Å². The van der Waals surface area contributed by atoms with E-state index in [0.717, 1.165) is 15.0 Å². The van der Waals surface area contributed by atoms with Crippen molar-refractivity contribution in [3.05, 3.63) is 47.0 Å². The van der Waals surface area contributed by atoms with Crippen molar-refractivity contribution in [3.8, 4) is 0 Å². The minimum atomic E-state index is -0.243. The van der Waals surface area contributed by atoms with Crippen LogP contribution in [0.3, 0.4) is 0 Å². The first-order chi connectivity index (χ1) is 10.1. The van der Waals surface area contributed by atoms with Crippen molar-refractivity contribution in [2.45, 2.75) is 17.2 Å². The fourth-order valence-electron chi connectivity index (χ4n) is 1.90. The third-order valence-electron chi connectivity index (χ3n) is 2.97. The van der Waals surface area contributed by atoms with Gasteiger partial charge in [-0.1, -0.05) is 39.8 Å². The van der Waals surface area contributed by atoms with Gasteiger partial charge in [0.2, 0.25) is 0 Å². The van der Waals surface area contributed by atoms with E-state index in [9.17, 15) is 4.79 Å². The van der Waals surface area contributed by atoms with Gasteiger partial charge in [0.25, 0.3) is 0 Å². The van der Waals surface area contributed by atoms with E-state index in [-0.39, 0.29) is 11.0 Å². The molecule has 0 aliphatic heterocycles. The molecule has 1 unspecified atom stereocenters. The average Bonchev–Trinajstić information content (AvgIpc) is 2.97. The standard InChI is InChI=1S/C14H11BrN4OS/c1-8(12(20)9-2-4-10(15)5-3-9)21-14-11-13(17-6-16-11)18-7-19-14/h2-8H,1H3,(H,16,17,18,19). The summed E-state index contributed by atoms with van der Waals surface area (Å²) in [6.45, 7) is 1.87. The number of hydrogen-bond acceptors (Lipinski definition) is 5. The summed E-state index contributed by atoms with van der Waals surface area (Å²) in [6.07, 6.45) is 3.03. The molecule has 0 saturated heterocycles. The highest BCUT2D eigenvalue weighted by Crippen LogP contribution is 2.28. The van der Waals surface area contributed by atoms with Crippen molar-refractivity contribution in [1.29, 1.82) is 0 Å². The maximum absolute atomic E-state index is 12.4. The molecular weight excluding hydrogens is 352 g/mol. The number of halogens is 1. The Balaban J connectivity index is 1.82. The lowest BCUT2D eigenvalue weighted by Gasteiger charge is -2.10. The number of aromatic amines is 1. The molecule has 0 fully saturated rings. The van der Waals surface area contributed by atoms with E-state index >= 15 is 0 Å². The lowest BCUT2D eigenvalue weighted by atomic mass is 10.1. The predicted molar refractivity (Wildman–Crippen MR) is 85.5 cm³/mol. The first-order valence-electron chi connectivity index (χ1n) is 6.25. The van der Waals surface area contributed by atoms with Crippen molar-refractivity contribution in [3.63, 3.8) is 0 Å². The molecule has 0 spiro atoms. The molecule has 3 aromatic rings. The molecule has 0 aliphatic carbocycles. The number of ketones is 1. The van der Waals surface area contributed by atoms with E-state index in [4.69, 9.17) is 0 Å². The number of benzene rings is 1. The summed E-state index contributed by atoms with van der Waals surface area (Å²) < 4.78 is 0.953. The van der Waals surface area contributed by atoms with Crippen LogP contribution in [0.4, 0.5) is 0 Å². The lowest BCUT2D eigenvalue weighted by Crippen LogP contribution is -2.13. The quantitative estimate of drug-likeness (QED) is 0.437. The van der Waals surface area contributed by atoms with E-state index < -0.39 is 0 Å². The van der Waals surface area contributed by atoms with Gasteiger partial charge in [0.05, 0.1) is 11.6 Å². The second-order valence-electron chi connectivity index (χ2n) is 4.41. The third kappa shape index (κ3) is 2.98. The zero-order chi connectivity index (χ0) is 14.8. The van der Waals surface area contributed by atoms with Gasteiger partial charge in [-0.2, -0.15) is 0 Å². The molecule has 21 heavy (non-hydrogen) atoms. The van der Waals surface area contributed by atoms with Gasteiger partial charge in [0.1, 0.15) is 16.9 Å². The second-order valence-corrected chi connectivity index (χ2v) is 6.66. The Morgan fingerprint density at radius 2 is 2.00 bits per heavy atom. The molecule has 5 nitrogen and oxygen atoms in total. The zero-order valence-electron chi connectivity index (χ0n) is 11.1. The maximum atomic E-state index is 12.4. The Labute approximate surface area is 133 Å². The van der Waals surface area contributed by atoms with Gasteiger partial charge in [-0.15, -0.1) is 0 Å². The highest BCUT2D eigenvalue weighted by atomic mass is 79.9. The van der Waals surface area contributed by atoms with E-state index in [1.165, 1.54) is 18.1 Å². The lowest BCUT2D eigenvalue weighted by molar-refractivity contribution is 0.0994. The van der Waals surface area contributed by atoms with Crippen LogP contribution < -0.4 is 0 Å². The van der Waals surface area contributed by atoms with Crippen LogP contribution in [0.1, 0.15) is 17.3 Å². The third-order valence-corrected chi connectivity index (χ3v) is 4.60. The summed E-state index contributed by atoms with van der Waals surface area (Å²) in [5.74, 6) is 0.0683. The number of imidazole rings is 1. The number of aromatic nitrogens is 4. The number of rotatable bonds is 4. The van der Waals surface area contributed by atoms with Gasteiger partial charge in [0, 0.05) is 10.0 Å². The number of fused-ring (bicyclic) bond motifs is 1. The molecular formula is C14H11BrN4OS. The second kappa shape index (κ2) is 5.95. The number of carbonyl (C=O) groups excluding carboxylic acids is 1. The number of carbonyl (C=O) groups is 1. The predicted octanol–water partition coefficient (Wildman–Crippen LogP) is 3.48. The van der Waals surface area contributed by atoms with Crippen LogP contribution in [0.5, 0.6) is 0 Å². The molecule has 2 heterocycles. The van der Waals surface area contributed by atoms with Crippen LogP contribution in [0.25, 0.3) is 11.2 Å². The number of H-pyrrole nitrogens is 1. The van der Waals surface area contributed by atoms with Crippen molar-refractivity contribution in [2.75, 3.05) is 0 Å². The fraction of sp³-hybridized carbons (Fsp3) is 0.143. The summed E-state index contributed by atoms with van der Waals surface area (Å²) in [5.41, 5.74) is 2.06. The Morgan fingerprint density at radius 3 is 2.76 bits per heavy atom. The Bertz CT molecular complexity index is 787. The number of nitrogens with one attached hydrogen (secondary N) is 1. The van der Waals surface area contributed by atoms with Crippen LogP contribution in [-0.4, -0.2) is 31.0 Å². The monoisotopic (exact) mass is 362 g/mol. The SMILES string of the molecule is CC(Sc1ncnc2nc[nH]c12)C(=O)c1ccc(Br)cc1. The molecule has 0 aliphatic rings. The van der Waals surface area contributed by atoms with Crippen molar-refractivity contribution in [1.82, 2.24) is 19.9 Å². The van der Waals surface area contributed by atoms with E-state index in [0.29, 0.717) is 11.2 Å². The minimum Gasteiger partial charge on any atom is -0.341 e. The number of Topliss-reactive ketones (excluding diaryl/α,β-unsaturated/α-hetero) is 1. The molecule has 0 amide bonds. The first kappa shape index (κ1) is 14.2. The van der Waals surface area contributed by atoms with Gasteiger partial charge >= 0.3 is 0 Å². The number of hydrogen-bond donors (Lipinski definition) is 1. The molecule has 0 saturated carbocycles. The fourth-order valence-corrected chi connectivity index (χ4v) is 3.12. The summed E-state index contributed by atoms with van der Waals surface area (Å²) in [5, 5.41) is 0.489. The Hall–Kier alpha value is -1.73. The highest BCUT2D eigenvalue weighted by molar-refractivity contribution is 9.10. The molecule has 2 aromatic heterocycles. The Kier molecular flexibility index (Phi) is 4.03. The summed E-state index contributed by atoms with van der Waals surface area (Å²) in [7, 11) is 0. The molecule has 7 heteroatoms. The van der Waals surface area contributed by atoms with Crippen LogP contribution >= 0.6 is 27.7 Å². The molecule has 3 rings (SSSR count). The number of nitrogens with zero attached hydrogens (tertiary/aromatic N) is 3. The highest BCUT2D eigenvalue weighted by Gasteiger charge is 2.19. The maximum Gasteiger partial charge on any atom is 0.181 e. The number of thioether (sulfide) groups is 1. The zero-order valence-corrected chi connectivity index (χ0v) is 13.5. The first-order valence-corrected chi connectivity index (χ1v) is 7.93. The minimum absolute atomic E-state index is 0.0683. The average molecular weight is 363 g/mol. The molecule has 1 N–H and O–H groups in total. The Morgan fingerprint density at radius 1 is 1.24 bits per heavy atom. The van der Waals surface area contributed by atoms with Gasteiger partial charge in [-0.3, -0.25) is 4.79 Å². The molecule has 1 atom stereocenters. The van der Waals surface area contributed by atoms with Crippen LogP contribution in [0, 0.1) is 0 Å². The van der Waals surface area contributed by atoms with Crippen molar-refractivity contribution in [2.24, 2.45) is 0 Å². The van der Waals surface area contributed by atoms with E-state index in [2.05, 4.69) is 35.9 Å². The largest absolute Gasteiger partial charge is 0.341 e. The summed E-state index contributed by atoms with van der Waals surface area (Å²) in [6, 6.07) is 7.36. The van der Waals surface area contributed by atoms with Crippen molar-refractivity contribution >= 4 is 44.6 Å². The summed E-state index contributed by atoms with van der Waals surface area (Å²) >= 11 is 4.76. The molecule has 106 valence electrons. The van der Waals surface area contributed by atoms with Crippen LogP contribution in [-0.2, 0) is 0 Å². The van der Waals surface area contributed by atoms with Gasteiger partial charge in [-0.25, -0.2) is 15.0 Å². The molecule has 1 aromatic carbocycles. The van der Waals surface area contributed by atoms with E-state index in [1.807, 2.05) is 31.2 Å². The topological polar surface area (TPSA) is 71.5 Å². The normalized spacial score (nSPS) is 12.5. The molecule has 0 radical (unpaired) electrons. The van der Waals surface area contributed by atoms with Crippen LogP contribution in [0.2, 0.25) is 0 Å². The van der Waals surface area contributed by atoms with Gasteiger partial charge in [-0.05, 0) is 19.1 Å². The van der Waals surface area contributed by atoms with E-state index in [1.54, 1.807) is 6.33 Å². The molecule has 0 bridgehead atoms. The van der Waals surface area contributed by atoms with Gasteiger partial charge in [0.15, 0.2) is 11.4 Å². The van der Waals surface area contributed by atoms with Gasteiger partial charge < -0.3 is 4.98 Å². The van der Waals surface area contributed by atoms with Crippen molar-refractivity contribution < 1.29 is 4.79 Å². The summed E-state index contributed by atoms with van der Waals surface area (Å²) in [4.78, 5) is 27.8. The smallest absolute Gasteiger partial charge is 0.181 e.